The van der Waals surface area contributed by atoms with Crippen LogP contribution in [-0.2, 0) is 11.3 Å². The Kier molecular flexibility index (Phi) is 6.48. The second kappa shape index (κ2) is 8.60. The Morgan fingerprint density at radius 2 is 2.09 bits per heavy atom. The zero-order valence-corrected chi connectivity index (χ0v) is 13.8. The van der Waals surface area contributed by atoms with Crippen LogP contribution in [0, 0.1) is 0 Å². The monoisotopic (exact) mass is 319 g/mol. The molecule has 0 unspecified atom stereocenters. The first-order valence-corrected chi connectivity index (χ1v) is 8.09. The van der Waals surface area contributed by atoms with Crippen molar-refractivity contribution in [1.82, 2.24) is 14.8 Å². The zero-order chi connectivity index (χ0) is 15.8. The number of benzene rings is 1. The average Bonchev–Trinajstić information content (AvgIpc) is 2.94. The third kappa shape index (κ3) is 3.90. The van der Waals surface area contributed by atoms with Crippen molar-refractivity contribution in [2.24, 2.45) is 0 Å². The van der Waals surface area contributed by atoms with Crippen LogP contribution in [0.3, 0.4) is 0 Å². The van der Waals surface area contributed by atoms with Crippen molar-refractivity contribution >= 4 is 11.8 Å². The molecule has 0 atom stereocenters. The lowest BCUT2D eigenvalue weighted by Crippen LogP contribution is -2.02. The number of aromatic nitrogens is 3. The third-order valence-electron chi connectivity index (χ3n) is 3.10. The Morgan fingerprint density at radius 1 is 1.27 bits per heavy atom. The molecule has 0 saturated heterocycles. The number of hydrogen-bond acceptors (Lipinski definition) is 5. The van der Waals surface area contributed by atoms with Crippen LogP contribution in [0.1, 0.15) is 6.42 Å². The number of ether oxygens (including phenoxy) is 2. The van der Waals surface area contributed by atoms with Crippen LogP contribution in [0.15, 0.2) is 42.1 Å². The Hall–Kier alpha value is -1.79. The van der Waals surface area contributed by atoms with E-state index >= 15 is 0 Å². The van der Waals surface area contributed by atoms with Gasteiger partial charge in [-0.2, -0.15) is 0 Å². The van der Waals surface area contributed by atoms with Crippen LogP contribution < -0.4 is 4.74 Å². The van der Waals surface area contributed by atoms with E-state index in [1.807, 2.05) is 30.3 Å². The molecule has 1 aromatic carbocycles. The number of para-hydroxylation sites is 1. The molecule has 0 aliphatic heterocycles. The summed E-state index contributed by atoms with van der Waals surface area (Å²) in [7, 11) is 3.37. The standard InChI is InChI=1S/C16H21N3O2S/c1-4-10-19-15(13-8-5-6-9-14(13)21-3)17-18-16(19)22-12-7-11-20-2/h4-6,8-9H,1,7,10-12H2,2-3H3. The van der Waals surface area contributed by atoms with Gasteiger partial charge in [-0.05, 0) is 18.6 Å². The molecule has 0 amide bonds. The van der Waals surface area contributed by atoms with Crippen molar-refractivity contribution in [3.8, 4) is 17.1 Å². The number of nitrogens with zero attached hydrogens (tertiary/aromatic N) is 3. The molecule has 0 aliphatic rings. The SMILES string of the molecule is C=CCn1c(SCCCOC)nnc1-c1ccccc1OC. The third-order valence-corrected chi connectivity index (χ3v) is 4.15. The van der Waals surface area contributed by atoms with E-state index in [4.69, 9.17) is 9.47 Å². The maximum atomic E-state index is 5.42. The molecule has 22 heavy (non-hydrogen) atoms. The second-order valence-corrected chi connectivity index (χ2v) is 5.66. The quantitative estimate of drug-likeness (QED) is 0.403. The minimum atomic E-state index is 0.660. The first-order chi connectivity index (χ1) is 10.8. The normalized spacial score (nSPS) is 10.6. The molecule has 5 nitrogen and oxygen atoms in total. The molecule has 0 aliphatic carbocycles. The molecule has 1 aromatic heterocycles. The molecular weight excluding hydrogens is 298 g/mol. The molecule has 6 heteroatoms. The molecule has 1 heterocycles. The molecule has 2 aromatic rings. The molecular formula is C16H21N3O2S. The second-order valence-electron chi connectivity index (χ2n) is 4.60. The van der Waals surface area contributed by atoms with Gasteiger partial charge >= 0.3 is 0 Å². The fraction of sp³-hybridized carbons (Fsp3) is 0.375. The Morgan fingerprint density at radius 3 is 2.82 bits per heavy atom. The highest BCUT2D eigenvalue weighted by Crippen LogP contribution is 2.30. The summed E-state index contributed by atoms with van der Waals surface area (Å²) in [6, 6.07) is 7.82. The van der Waals surface area contributed by atoms with Crippen molar-refractivity contribution in [2.45, 2.75) is 18.1 Å². The van der Waals surface area contributed by atoms with Crippen molar-refractivity contribution in [3.05, 3.63) is 36.9 Å². The lowest BCUT2D eigenvalue weighted by Gasteiger charge is -2.10. The van der Waals surface area contributed by atoms with Crippen LogP contribution >= 0.6 is 11.8 Å². The van der Waals surface area contributed by atoms with Crippen molar-refractivity contribution < 1.29 is 9.47 Å². The van der Waals surface area contributed by atoms with Crippen molar-refractivity contribution in [2.75, 3.05) is 26.6 Å². The van der Waals surface area contributed by atoms with E-state index in [2.05, 4.69) is 21.3 Å². The maximum absolute atomic E-state index is 5.42. The highest BCUT2D eigenvalue weighted by molar-refractivity contribution is 7.99. The number of allylic oxidation sites excluding steroid dienone is 1. The molecule has 0 bridgehead atoms. The largest absolute Gasteiger partial charge is 0.496 e. The van der Waals surface area contributed by atoms with Gasteiger partial charge in [-0.3, -0.25) is 4.57 Å². The Bertz CT molecular complexity index is 613. The van der Waals surface area contributed by atoms with Gasteiger partial charge in [0.2, 0.25) is 0 Å². The van der Waals surface area contributed by atoms with Crippen LogP contribution in [0.25, 0.3) is 11.4 Å². The van der Waals surface area contributed by atoms with Crippen molar-refractivity contribution in [3.63, 3.8) is 0 Å². The lowest BCUT2D eigenvalue weighted by atomic mass is 10.2. The summed E-state index contributed by atoms with van der Waals surface area (Å²) in [5, 5.41) is 9.55. The van der Waals surface area contributed by atoms with E-state index in [-0.39, 0.29) is 0 Å². The summed E-state index contributed by atoms with van der Waals surface area (Å²) >= 11 is 1.68. The highest BCUT2D eigenvalue weighted by atomic mass is 32.2. The minimum Gasteiger partial charge on any atom is -0.496 e. The number of hydrogen-bond donors (Lipinski definition) is 0. The molecule has 0 spiro atoms. The molecule has 0 radical (unpaired) electrons. The summed E-state index contributed by atoms with van der Waals surface area (Å²) in [4.78, 5) is 0. The van der Waals surface area contributed by atoms with E-state index in [0.717, 1.165) is 41.1 Å². The minimum absolute atomic E-state index is 0.660. The number of thioether (sulfide) groups is 1. The number of methoxy groups -OCH3 is 2. The molecule has 118 valence electrons. The van der Waals surface area contributed by atoms with E-state index in [0.29, 0.717) is 6.54 Å². The van der Waals surface area contributed by atoms with Gasteiger partial charge in [0, 0.05) is 26.0 Å². The predicted molar refractivity (Wildman–Crippen MR) is 89.4 cm³/mol. The molecule has 0 N–H and O–H groups in total. The summed E-state index contributed by atoms with van der Waals surface area (Å²) in [5.41, 5.74) is 0.933. The number of rotatable bonds is 9. The van der Waals surface area contributed by atoms with Gasteiger partial charge < -0.3 is 9.47 Å². The fourth-order valence-corrected chi connectivity index (χ4v) is 2.94. The van der Waals surface area contributed by atoms with E-state index in [1.54, 1.807) is 26.0 Å². The predicted octanol–water partition coefficient (Wildman–Crippen LogP) is 3.27. The van der Waals surface area contributed by atoms with Gasteiger partial charge in [-0.1, -0.05) is 30.0 Å². The van der Waals surface area contributed by atoms with Gasteiger partial charge in [0.25, 0.3) is 0 Å². The van der Waals surface area contributed by atoms with Gasteiger partial charge in [0.1, 0.15) is 5.75 Å². The smallest absolute Gasteiger partial charge is 0.191 e. The zero-order valence-electron chi connectivity index (χ0n) is 13.0. The van der Waals surface area contributed by atoms with E-state index in [9.17, 15) is 0 Å². The van der Waals surface area contributed by atoms with Gasteiger partial charge in [-0.25, -0.2) is 0 Å². The fourth-order valence-electron chi connectivity index (χ4n) is 2.08. The van der Waals surface area contributed by atoms with Crippen LogP contribution in [0.5, 0.6) is 5.75 Å². The van der Waals surface area contributed by atoms with Gasteiger partial charge in [0.15, 0.2) is 11.0 Å². The Labute approximate surface area is 135 Å². The molecule has 0 saturated carbocycles. The first kappa shape index (κ1) is 16.6. The van der Waals surface area contributed by atoms with E-state index in [1.165, 1.54) is 0 Å². The Balaban J connectivity index is 2.27. The van der Waals surface area contributed by atoms with Crippen molar-refractivity contribution in [1.29, 1.82) is 0 Å². The van der Waals surface area contributed by atoms with Crippen LogP contribution in [0.2, 0.25) is 0 Å². The molecule has 2 rings (SSSR count). The van der Waals surface area contributed by atoms with Crippen LogP contribution in [-0.4, -0.2) is 41.3 Å². The first-order valence-electron chi connectivity index (χ1n) is 7.11. The summed E-state index contributed by atoms with van der Waals surface area (Å²) in [6.45, 7) is 5.24. The van der Waals surface area contributed by atoms with E-state index < -0.39 is 0 Å². The highest BCUT2D eigenvalue weighted by Gasteiger charge is 2.16. The van der Waals surface area contributed by atoms with Crippen LogP contribution in [0.4, 0.5) is 0 Å². The summed E-state index contributed by atoms with van der Waals surface area (Å²) in [6.07, 6.45) is 2.83. The average molecular weight is 319 g/mol. The van der Waals surface area contributed by atoms with Gasteiger partial charge in [0.05, 0.1) is 12.7 Å². The molecule has 0 fully saturated rings. The summed E-state index contributed by atoms with van der Waals surface area (Å²) < 4.78 is 12.6. The lowest BCUT2D eigenvalue weighted by molar-refractivity contribution is 0.200. The maximum Gasteiger partial charge on any atom is 0.191 e. The van der Waals surface area contributed by atoms with Gasteiger partial charge in [-0.15, -0.1) is 16.8 Å². The summed E-state index contributed by atoms with van der Waals surface area (Å²) in [5.74, 6) is 2.53. The topological polar surface area (TPSA) is 49.2 Å².